The van der Waals surface area contributed by atoms with Crippen molar-refractivity contribution >= 4 is 11.8 Å². The summed E-state index contributed by atoms with van der Waals surface area (Å²) in [5, 5.41) is 8.94. The largest absolute Gasteiger partial charge is 0.505 e. The van der Waals surface area contributed by atoms with Gasteiger partial charge in [-0.15, -0.1) is 0 Å². The molecule has 0 aliphatic rings. The molecule has 0 bridgehead atoms. The van der Waals surface area contributed by atoms with Crippen molar-refractivity contribution in [2.75, 3.05) is 6.61 Å². The van der Waals surface area contributed by atoms with Gasteiger partial charge in [0.05, 0.1) is 6.61 Å². The standard InChI is InChI=1S/C10H8F2O4/c1-2-16-10(15)9(14)7-5(11)3-4-6(13)8(7)12/h3-4,13H,2H2,1H3. The Morgan fingerprint density at radius 1 is 1.38 bits per heavy atom. The highest BCUT2D eigenvalue weighted by molar-refractivity contribution is 6.40. The zero-order valence-corrected chi connectivity index (χ0v) is 8.29. The lowest BCUT2D eigenvalue weighted by Crippen LogP contribution is -2.20. The normalized spacial score (nSPS) is 9.94. The fourth-order valence-corrected chi connectivity index (χ4v) is 1.05. The average Bonchev–Trinajstić information content (AvgIpc) is 2.24. The third-order valence-electron chi connectivity index (χ3n) is 1.76. The van der Waals surface area contributed by atoms with Crippen LogP contribution in [0.15, 0.2) is 12.1 Å². The van der Waals surface area contributed by atoms with E-state index in [1.807, 2.05) is 0 Å². The van der Waals surface area contributed by atoms with Gasteiger partial charge < -0.3 is 9.84 Å². The van der Waals surface area contributed by atoms with E-state index in [0.29, 0.717) is 6.07 Å². The molecule has 86 valence electrons. The molecular weight excluding hydrogens is 222 g/mol. The van der Waals surface area contributed by atoms with Gasteiger partial charge in [0.2, 0.25) is 0 Å². The molecule has 0 saturated carbocycles. The van der Waals surface area contributed by atoms with E-state index < -0.39 is 34.7 Å². The van der Waals surface area contributed by atoms with Gasteiger partial charge in [-0.1, -0.05) is 0 Å². The molecule has 0 fully saturated rings. The van der Waals surface area contributed by atoms with Crippen LogP contribution in [0, 0.1) is 11.6 Å². The molecular formula is C10H8F2O4. The van der Waals surface area contributed by atoms with Gasteiger partial charge in [0.1, 0.15) is 11.4 Å². The summed E-state index contributed by atoms with van der Waals surface area (Å²) in [4.78, 5) is 22.2. The minimum atomic E-state index is -1.47. The van der Waals surface area contributed by atoms with Crippen molar-refractivity contribution in [3.05, 3.63) is 29.3 Å². The number of hydrogen-bond donors (Lipinski definition) is 1. The second-order valence-corrected chi connectivity index (χ2v) is 2.81. The summed E-state index contributed by atoms with van der Waals surface area (Å²) in [6, 6.07) is 1.43. The third-order valence-corrected chi connectivity index (χ3v) is 1.76. The number of aromatic hydroxyl groups is 1. The number of ketones is 1. The monoisotopic (exact) mass is 230 g/mol. The Kier molecular flexibility index (Phi) is 3.55. The van der Waals surface area contributed by atoms with Gasteiger partial charge in [0.25, 0.3) is 5.78 Å². The first-order valence-electron chi connectivity index (χ1n) is 4.37. The molecule has 0 radical (unpaired) electrons. The summed E-state index contributed by atoms with van der Waals surface area (Å²) in [6.07, 6.45) is 0. The van der Waals surface area contributed by atoms with Crippen molar-refractivity contribution in [3.63, 3.8) is 0 Å². The van der Waals surface area contributed by atoms with E-state index in [1.54, 1.807) is 0 Å². The van der Waals surface area contributed by atoms with Crippen molar-refractivity contribution < 1.29 is 28.2 Å². The Bertz CT molecular complexity index is 443. The number of esters is 1. The fourth-order valence-electron chi connectivity index (χ4n) is 1.05. The first kappa shape index (κ1) is 12.1. The Labute approximate surface area is 89.5 Å². The lowest BCUT2D eigenvalue weighted by atomic mass is 10.1. The van der Waals surface area contributed by atoms with Crippen LogP contribution in [-0.2, 0) is 9.53 Å². The summed E-state index contributed by atoms with van der Waals surface area (Å²) in [7, 11) is 0. The first-order valence-corrected chi connectivity index (χ1v) is 4.37. The fraction of sp³-hybridized carbons (Fsp3) is 0.200. The molecule has 0 amide bonds. The topological polar surface area (TPSA) is 63.6 Å². The summed E-state index contributed by atoms with van der Waals surface area (Å²) in [5.41, 5.74) is -1.11. The number of benzene rings is 1. The predicted molar refractivity (Wildman–Crippen MR) is 49.0 cm³/mol. The molecule has 0 atom stereocenters. The summed E-state index contributed by atoms with van der Waals surface area (Å²) < 4.78 is 30.6. The quantitative estimate of drug-likeness (QED) is 0.484. The Morgan fingerprint density at radius 2 is 2.00 bits per heavy atom. The van der Waals surface area contributed by atoms with Gasteiger partial charge in [-0.2, -0.15) is 0 Å². The predicted octanol–water partition coefficient (Wildman–Crippen LogP) is 1.42. The summed E-state index contributed by atoms with van der Waals surface area (Å²) in [6.45, 7) is 1.35. The molecule has 1 aromatic carbocycles. The van der Waals surface area contributed by atoms with E-state index in [-0.39, 0.29) is 6.61 Å². The van der Waals surface area contributed by atoms with Crippen molar-refractivity contribution in [1.82, 2.24) is 0 Å². The van der Waals surface area contributed by atoms with Crippen LogP contribution in [0.3, 0.4) is 0 Å². The third kappa shape index (κ3) is 2.16. The number of hydrogen-bond acceptors (Lipinski definition) is 4. The van der Waals surface area contributed by atoms with Crippen LogP contribution >= 0.6 is 0 Å². The van der Waals surface area contributed by atoms with E-state index >= 15 is 0 Å². The van der Waals surface area contributed by atoms with Crippen molar-refractivity contribution in [1.29, 1.82) is 0 Å². The van der Waals surface area contributed by atoms with E-state index in [9.17, 15) is 18.4 Å². The van der Waals surface area contributed by atoms with Crippen LogP contribution in [0.25, 0.3) is 0 Å². The molecule has 1 rings (SSSR count). The zero-order valence-electron chi connectivity index (χ0n) is 8.29. The van der Waals surface area contributed by atoms with E-state index in [0.717, 1.165) is 6.07 Å². The van der Waals surface area contributed by atoms with Gasteiger partial charge in [-0.3, -0.25) is 4.79 Å². The van der Waals surface area contributed by atoms with Crippen LogP contribution in [0.4, 0.5) is 8.78 Å². The number of carbonyl (C=O) groups excluding carboxylic acids is 2. The van der Waals surface area contributed by atoms with Crippen molar-refractivity contribution in [2.45, 2.75) is 6.92 Å². The number of carbonyl (C=O) groups is 2. The highest BCUT2D eigenvalue weighted by Gasteiger charge is 2.26. The molecule has 0 aliphatic carbocycles. The van der Waals surface area contributed by atoms with E-state index in [4.69, 9.17) is 5.11 Å². The van der Waals surface area contributed by atoms with Gasteiger partial charge in [0, 0.05) is 0 Å². The van der Waals surface area contributed by atoms with Gasteiger partial charge in [0.15, 0.2) is 11.6 Å². The number of halogens is 2. The maximum absolute atomic E-state index is 13.2. The average molecular weight is 230 g/mol. The van der Waals surface area contributed by atoms with Crippen molar-refractivity contribution in [2.24, 2.45) is 0 Å². The number of ether oxygens (including phenoxy) is 1. The minimum absolute atomic E-state index is 0.0906. The van der Waals surface area contributed by atoms with E-state index in [2.05, 4.69) is 4.74 Å². The SMILES string of the molecule is CCOC(=O)C(=O)c1c(F)ccc(O)c1F. The van der Waals surface area contributed by atoms with Gasteiger partial charge in [-0.25, -0.2) is 13.6 Å². The minimum Gasteiger partial charge on any atom is -0.505 e. The highest BCUT2D eigenvalue weighted by atomic mass is 19.1. The van der Waals surface area contributed by atoms with E-state index in [1.165, 1.54) is 6.92 Å². The Morgan fingerprint density at radius 3 is 2.56 bits per heavy atom. The summed E-state index contributed by atoms with van der Waals surface area (Å²) >= 11 is 0. The number of rotatable bonds is 3. The maximum Gasteiger partial charge on any atom is 0.379 e. The Balaban J connectivity index is 3.18. The molecule has 4 nitrogen and oxygen atoms in total. The van der Waals surface area contributed by atoms with Crippen molar-refractivity contribution in [3.8, 4) is 5.75 Å². The molecule has 6 heteroatoms. The number of phenols is 1. The molecule has 1 N–H and O–H groups in total. The zero-order chi connectivity index (χ0) is 12.3. The molecule has 1 aromatic rings. The van der Waals surface area contributed by atoms with Crippen LogP contribution in [0.1, 0.15) is 17.3 Å². The lowest BCUT2D eigenvalue weighted by Gasteiger charge is -2.04. The number of Topliss-reactive ketones (excluding diaryl/α,β-unsaturated/α-hetero) is 1. The molecule has 0 aliphatic heterocycles. The maximum atomic E-state index is 13.2. The van der Waals surface area contributed by atoms with Gasteiger partial charge in [-0.05, 0) is 19.1 Å². The first-order chi connectivity index (χ1) is 7.49. The molecule has 0 saturated heterocycles. The smallest absolute Gasteiger partial charge is 0.379 e. The molecule has 0 unspecified atom stereocenters. The molecule has 0 heterocycles. The molecule has 0 spiro atoms. The lowest BCUT2D eigenvalue weighted by molar-refractivity contribution is -0.137. The highest BCUT2D eigenvalue weighted by Crippen LogP contribution is 2.22. The second kappa shape index (κ2) is 4.69. The van der Waals surface area contributed by atoms with Crippen LogP contribution in [-0.4, -0.2) is 23.5 Å². The molecule has 0 aromatic heterocycles. The number of phenolic OH excluding ortho intramolecular Hbond substituents is 1. The van der Waals surface area contributed by atoms with Crippen LogP contribution in [0.2, 0.25) is 0 Å². The van der Waals surface area contributed by atoms with Crippen LogP contribution in [0.5, 0.6) is 5.75 Å². The van der Waals surface area contributed by atoms with Gasteiger partial charge >= 0.3 is 5.97 Å². The Hall–Kier alpha value is -1.98. The second-order valence-electron chi connectivity index (χ2n) is 2.81. The van der Waals surface area contributed by atoms with Crippen LogP contribution < -0.4 is 0 Å². The summed E-state index contributed by atoms with van der Waals surface area (Å²) in [5.74, 6) is -6.45. The molecule has 16 heavy (non-hydrogen) atoms.